The van der Waals surface area contributed by atoms with Gasteiger partial charge in [0.15, 0.2) is 0 Å². The number of hydrogen-bond donors (Lipinski definition) is 1. The predicted molar refractivity (Wildman–Crippen MR) is 86.9 cm³/mol. The highest BCUT2D eigenvalue weighted by Crippen LogP contribution is 2.14. The van der Waals surface area contributed by atoms with E-state index < -0.39 is 10.8 Å². The minimum atomic E-state index is -0.958. The predicted octanol–water partition coefficient (Wildman–Crippen LogP) is 3.03. The zero-order valence-electron chi connectivity index (χ0n) is 12.2. The third kappa shape index (κ3) is 4.99. The first-order valence-corrected chi connectivity index (χ1v) is 8.38. The minimum Gasteiger partial charge on any atom is -0.494 e. The Kier molecular flexibility index (Phi) is 5.96. The molecule has 2 aromatic carbocycles. The van der Waals surface area contributed by atoms with Crippen molar-refractivity contribution in [3.8, 4) is 5.75 Å². The zero-order chi connectivity index (χ0) is 15.1. The van der Waals surface area contributed by atoms with E-state index in [4.69, 9.17) is 10.5 Å². The normalized spacial score (nSPS) is 12.1. The van der Waals surface area contributed by atoms with Crippen molar-refractivity contribution in [1.29, 1.82) is 0 Å². The van der Waals surface area contributed by atoms with Crippen molar-refractivity contribution in [2.45, 2.75) is 24.8 Å². The average Bonchev–Trinajstić information content (AvgIpc) is 2.51. The van der Waals surface area contributed by atoms with Gasteiger partial charge in [0.25, 0.3) is 0 Å². The van der Waals surface area contributed by atoms with Crippen molar-refractivity contribution < 1.29 is 8.95 Å². The summed E-state index contributed by atoms with van der Waals surface area (Å²) in [5.41, 5.74) is 7.78. The molecule has 1 unspecified atom stereocenters. The second-order valence-corrected chi connectivity index (χ2v) is 6.49. The van der Waals surface area contributed by atoms with Crippen LogP contribution in [0.25, 0.3) is 0 Å². The highest BCUT2D eigenvalue weighted by Gasteiger charge is 2.04. The molecule has 0 bridgehead atoms. The van der Waals surface area contributed by atoms with E-state index in [0.29, 0.717) is 18.9 Å². The molecule has 0 amide bonds. The average molecular weight is 303 g/mol. The molecular formula is C17H21NO2S. The largest absolute Gasteiger partial charge is 0.494 e. The van der Waals surface area contributed by atoms with E-state index in [9.17, 15) is 4.21 Å². The Labute approximate surface area is 128 Å². The quantitative estimate of drug-likeness (QED) is 0.800. The van der Waals surface area contributed by atoms with Crippen molar-refractivity contribution in [3.63, 3.8) is 0 Å². The summed E-state index contributed by atoms with van der Waals surface area (Å²) < 4.78 is 17.8. The molecule has 0 heterocycles. The number of rotatable bonds is 7. The lowest BCUT2D eigenvalue weighted by Gasteiger charge is -2.07. The molecule has 0 saturated carbocycles. The maximum atomic E-state index is 12.1. The van der Waals surface area contributed by atoms with Crippen LogP contribution in [-0.4, -0.2) is 16.6 Å². The molecule has 0 spiro atoms. The topological polar surface area (TPSA) is 52.3 Å². The van der Waals surface area contributed by atoms with E-state index in [2.05, 4.69) is 0 Å². The van der Waals surface area contributed by atoms with Gasteiger partial charge in [0, 0.05) is 17.2 Å². The standard InChI is InChI=1S/C17H21NO2S/c1-14-5-2-8-17(11-14)21(19)10-4-9-20-16-7-3-6-15(12-16)13-18/h2-3,5-8,11-12H,4,9-10,13,18H2,1H3. The Morgan fingerprint density at radius 3 is 2.71 bits per heavy atom. The molecule has 21 heavy (non-hydrogen) atoms. The van der Waals surface area contributed by atoms with Gasteiger partial charge < -0.3 is 10.5 Å². The van der Waals surface area contributed by atoms with Crippen LogP contribution in [0.4, 0.5) is 0 Å². The molecule has 2 aromatic rings. The summed E-state index contributed by atoms with van der Waals surface area (Å²) in [6, 6.07) is 15.6. The first kappa shape index (κ1) is 15.7. The summed E-state index contributed by atoms with van der Waals surface area (Å²) in [4.78, 5) is 0.889. The number of aryl methyl sites for hydroxylation is 1. The van der Waals surface area contributed by atoms with Gasteiger partial charge >= 0.3 is 0 Å². The monoisotopic (exact) mass is 303 g/mol. The number of hydrogen-bond acceptors (Lipinski definition) is 3. The lowest BCUT2D eigenvalue weighted by Crippen LogP contribution is -2.05. The molecule has 0 aliphatic heterocycles. The third-order valence-electron chi connectivity index (χ3n) is 3.13. The zero-order valence-corrected chi connectivity index (χ0v) is 13.1. The molecule has 1 atom stereocenters. The van der Waals surface area contributed by atoms with E-state index >= 15 is 0 Å². The van der Waals surface area contributed by atoms with Gasteiger partial charge in [-0.05, 0) is 48.7 Å². The number of nitrogens with two attached hydrogens (primary N) is 1. The Morgan fingerprint density at radius 1 is 1.14 bits per heavy atom. The first-order chi connectivity index (χ1) is 10.2. The van der Waals surface area contributed by atoms with Gasteiger partial charge in [0.2, 0.25) is 0 Å². The summed E-state index contributed by atoms with van der Waals surface area (Å²) in [6.45, 7) is 3.08. The Bertz CT molecular complexity index is 613. The van der Waals surface area contributed by atoms with Crippen LogP contribution in [0.1, 0.15) is 17.5 Å². The van der Waals surface area contributed by atoms with Crippen LogP contribution >= 0.6 is 0 Å². The lowest BCUT2D eigenvalue weighted by molar-refractivity contribution is 0.318. The SMILES string of the molecule is Cc1cccc(S(=O)CCCOc2cccc(CN)c2)c1. The lowest BCUT2D eigenvalue weighted by atomic mass is 10.2. The molecule has 0 aliphatic rings. The van der Waals surface area contributed by atoms with Crippen molar-refractivity contribution in [3.05, 3.63) is 59.7 Å². The summed E-state index contributed by atoms with van der Waals surface area (Å²) in [5, 5.41) is 0. The van der Waals surface area contributed by atoms with Gasteiger partial charge in [0.1, 0.15) is 5.75 Å². The molecule has 3 nitrogen and oxygen atoms in total. The van der Waals surface area contributed by atoms with Crippen LogP contribution in [0.2, 0.25) is 0 Å². The molecule has 0 aliphatic carbocycles. The van der Waals surface area contributed by atoms with Crippen LogP contribution in [0, 0.1) is 6.92 Å². The van der Waals surface area contributed by atoms with Gasteiger partial charge in [-0.2, -0.15) is 0 Å². The second-order valence-electron chi connectivity index (χ2n) is 4.92. The smallest absolute Gasteiger partial charge is 0.119 e. The Balaban J connectivity index is 1.78. The van der Waals surface area contributed by atoms with Gasteiger partial charge in [-0.1, -0.05) is 24.3 Å². The minimum absolute atomic E-state index is 0.509. The van der Waals surface area contributed by atoms with Gasteiger partial charge in [-0.3, -0.25) is 4.21 Å². The van der Waals surface area contributed by atoms with Crippen LogP contribution in [0.5, 0.6) is 5.75 Å². The van der Waals surface area contributed by atoms with E-state index in [0.717, 1.165) is 28.2 Å². The third-order valence-corrected chi connectivity index (χ3v) is 4.57. The summed E-state index contributed by atoms with van der Waals surface area (Å²) in [6.07, 6.45) is 0.757. The van der Waals surface area contributed by atoms with Gasteiger partial charge in [0.05, 0.1) is 17.4 Å². The van der Waals surface area contributed by atoms with Crippen LogP contribution in [0.15, 0.2) is 53.4 Å². The molecule has 4 heteroatoms. The van der Waals surface area contributed by atoms with Crippen LogP contribution in [-0.2, 0) is 17.3 Å². The number of benzene rings is 2. The van der Waals surface area contributed by atoms with Gasteiger partial charge in [-0.15, -0.1) is 0 Å². The highest BCUT2D eigenvalue weighted by atomic mass is 32.2. The second kappa shape index (κ2) is 7.96. The van der Waals surface area contributed by atoms with Crippen molar-refractivity contribution in [2.24, 2.45) is 5.73 Å². The molecular weight excluding hydrogens is 282 g/mol. The fourth-order valence-electron chi connectivity index (χ4n) is 2.02. The summed E-state index contributed by atoms with van der Waals surface area (Å²) in [5.74, 6) is 1.43. The fourth-order valence-corrected chi connectivity index (χ4v) is 3.18. The molecule has 0 saturated heterocycles. The van der Waals surface area contributed by atoms with Crippen LogP contribution in [0.3, 0.4) is 0 Å². The molecule has 2 N–H and O–H groups in total. The van der Waals surface area contributed by atoms with Gasteiger partial charge in [-0.25, -0.2) is 0 Å². The molecule has 0 aromatic heterocycles. The van der Waals surface area contributed by atoms with E-state index in [1.807, 2.05) is 55.5 Å². The maximum absolute atomic E-state index is 12.1. The molecule has 0 radical (unpaired) electrons. The van der Waals surface area contributed by atoms with E-state index in [1.165, 1.54) is 0 Å². The molecule has 112 valence electrons. The summed E-state index contributed by atoms with van der Waals surface area (Å²) >= 11 is 0. The fraction of sp³-hybridized carbons (Fsp3) is 0.294. The Morgan fingerprint density at radius 2 is 1.95 bits per heavy atom. The maximum Gasteiger partial charge on any atom is 0.119 e. The molecule has 0 fully saturated rings. The van der Waals surface area contributed by atoms with Crippen molar-refractivity contribution in [1.82, 2.24) is 0 Å². The number of ether oxygens (including phenoxy) is 1. The first-order valence-electron chi connectivity index (χ1n) is 7.06. The highest BCUT2D eigenvalue weighted by molar-refractivity contribution is 7.85. The van der Waals surface area contributed by atoms with Crippen molar-refractivity contribution >= 4 is 10.8 Å². The van der Waals surface area contributed by atoms with Crippen LogP contribution < -0.4 is 10.5 Å². The Hall–Kier alpha value is -1.65. The van der Waals surface area contributed by atoms with Crippen molar-refractivity contribution in [2.75, 3.05) is 12.4 Å². The van der Waals surface area contributed by atoms with E-state index in [-0.39, 0.29) is 0 Å². The van der Waals surface area contributed by atoms with E-state index in [1.54, 1.807) is 0 Å². The summed E-state index contributed by atoms with van der Waals surface area (Å²) in [7, 11) is -0.958. The molecule has 2 rings (SSSR count).